The molecule has 94 valence electrons. The van der Waals surface area contributed by atoms with E-state index in [2.05, 4.69) is 32.6 Å². The van der Waals surface area contributed by atoms with E-state index in [0.29, 0.717) is 0 Å². The summed E-state index contributed by atoms with van der Waals surface area (Å²) in [4.78, 5) is 0. The van der Waals surface area contributed by atoms with Gasteiger partial charge in [0.15, 0.2) is 0 Å². The third kappa shape index (κ3) is 3.60. The predicted molar refractivity (Wildman–Crippen MR) is 78.0 cm³/mol. The van der Waals surface area contributed by atoms with E-state index in [1.54, 1.807) is 0 Å². The van der Waals surface area contributed by atoms with Crippen LogP contribution in [0.1, 0.15) is 18.4 Å². The molecule has 1 aliphatic rings. The minimum absolute atomic E-state index is 0.718. The summed E-state index contributed by atoms with van der Waals surface area (Å²) in [5.74, 6) is 0.718. The first kappa shape index (κ1) is 13.2. The zero-order valence-corrected chi connectivity index (χ0v) is 12.4. The summed E-state index contributed by atoms with van der Waals surface area (Å²) in [6.45, 7) is 5.30. The molecule has 1 aromatic carbocycles. The molecule has 2 rings (SSSR count). The highest BCUT2D eigenvalue weighted by Gasteiger charge is 2.13. The highest BCUT2D eigenvalue weighted by Crippen LogP contribution is 2.29. The Balaban J connectivity index is 1.96. The van der Waals surface area contributed by atoms with Crippen molar-refractivity contribution in [1.29, 1.82) is 0 Å². The number of anilines is 1. The van der Waals surface area contributed by atoms with Gasteiger partial charge in [0, 0.05) is 21.7 Å². The summed E-state index contributed by atoms with van der Waals surface area (Å²) in [6, 6.07) is 4.06. The molecule has 0 saturated carbocycles. The maximum absolute atomic E-state index is 6.13. The minimum atomic E-state index is 0.718. The second kappa shape index (κ2) is 6.07. The van der Waals surface area contributed by atoms with E-state index in [1.165, 1.54) is 12.8 Å². The molecule has 1 unspecified atom stereocenters. The lowest BCUT2D eigenvalue weighted by molar-refractivity contribution is 0.393. The van der Waals surface area contributed by atoms with Crippen LogP contribution in [0.5, 0.6) is 0 Å². The van der Waals surface area contributed by atoms with Crippen LogP contribution in [-0.4, -0.2) is 19.6 Å². The fraction of sp³-hybridized carbons (Fsp3) is 0.538. The summed E-state index contributed by atoms with van der Waals surface area (Å²) in [6.07, 6.45) is 2.58. The Kier molecular flexibility index (Phi) is 4.71. The average molecular weight is 318 g/mol. The van der Waals surface area contributed by atoms with Crippen molar-refractivity contribution in [3.05, 3.63) is 27.2 Å². The average Bonchev–Trinajstić information content (AvgIpc) is 2.33. The largest absolute Gasteiger partial charge is 0.384 e. The molecule has 1 aliphatic heterocycles. The number of benzene rings is 1. The minimum Gasteiger partial charge on any atom is -0.384 e. The van der Waals surface area contributed by atoms with E-state index >= 15 is 0 Å². The van der Waals surface area contributed by atoms with Crippen LogP contribution >= 0.6 is 27.5 Å². The molecule has 17 heavy (non-hydrogen) atoms. The third-order valence-corrected chi connectivity index (χ3v) is 4.29. The molecule has 2 N–H and O–H groups in total. The molecular weight excluding hydrogens is 300 g/mol. The van der Waals surface area contributed by atoms with E-state index in [4.69, 9.17) is 11.6 Å². The summed E-state index contributed by atoms with van der Waals surface area (Å²) in [7, 11) is 0. The standard InChI is InChI=1S/C13H18BrClN2/c1-9-5-11(14)13(6-12(9)15)17-8-10-3-2-4-16-7-10/h5-6,10,16-17H,2-4,7-8H2,1H3. The number of rotatable bonds is 3. The molecule has 0 aliphatic carbocycles. The molecule has 0 bridgehead atoms. The van der Waals surface area contributed by atoms with Gasteiger partial charge < -0.3 is 10.6 Å². The van der Waals surface area contributed by atoms with Crippen LogP contribution in [-0.2, 0) is 0 Å². The smallest absolute Gasteiger partial charge is 0.0499 e. The fourth-order valence-electron chi connectivity index (χ4n) is 2.13. The number of halogens is 2. The van der Waals surface area contributed by atoms with Crippen LogP contribution in [0.3, 0.4) is 0 Å². The second-order valence-electron chi connectivity index (χ2n) is 4.67. The van der Waals surface area contributed by atoms with E-state index < -0.39 is 0 Å². The first-order chi connectivity index (χ1) is 8.16. The third-order valence-electron chi connectivity index (χ3n) is 3.23. The molecule has 4 heteroatoms. The molecule has 2 nitrogen and oxygen atoms in total. The normalized spacial score (nSPS) is 20.3. The van der Waals surface area contributed by atoms with Gasteiger partial charge in [0.25, 0.3) is 0 Å². The predicted octanol–water partition coefficient (Wildman–Crippen LogP) is 3.82. The Hall–Kier alpha value is -0.250. The number of hydrogen-bond donors (Lipinski definition) is 2. The second-order valence-corrected chi connectivity index (χ2v) is 5.94. The van der Waals surface area contributed by atoms with Crippen LogP contribution in [0.2, 0.25) is 5.02 Å². The number of aryl methyl sites for hydroxylation is 1. The Bertz CT molecular complexity index is 389. The van der Waals surface area contributed by atoms with Crippen molar-refractivity contribution in [2.75, 3.05) is 25.0 Å². The molecule has 0 amide bonds. The van der Waals surface area contributed by atoms with Crippen LogP contribution in [0.4, 0.5) is 5.69 Å². The van der Waals surface area contributed by atoms with E-state index in [-0.39, 0.29) is 0 Å². The Morgan fingerprint density at radius 3 is 3.06 bits per heavy atom. The van der Waals surface area contributed by atoms with Crippen molar-refractivity contribution in [1.82, 2.24) is 5.32 Å². The van der Waals surface area contributed by atoms with E-state index in [0.717, 1.165) is 46.3 Å². The molecular formula is C13H18BrClN2. The van der Waals surface area contributed by atoms with Gasteiger partial charge in [-0.05, 0) is 72.4 Å². The first-order valence-corrected chi connectivity index (χ1v) is 7.24. The van der Waals surface area contributed by atoms with Gasteiger partial charge in [-0.3, -0.25) is 0 Å². The van der Waals surface area contributed by atoms with Gasteiger partial charge in [-0.1, -0.05) is 11.6 Å². The molecule has 1 saturated heterocycles. The summed E-state index contributed by atoms with van der Waals surface area (Å²) in [5, 5.41) is 7.72. The highest BCUT2D eigenvalue weighted by atomic mass is 79.9. The molecule has 0 aromatic heterocycles. The van der Waals surface area contributed by atoms with Crippen molar-refractivity contribution >= 4 is 33.2 Å². The van der Waals surface area contributed by atoms with Crippen LogP contribution < -0.4 is 10.6 Å². The lowest BCUT2D eigenvalue weighted by Gasteiger charge is -2.23. The topological polar surface area (TPSA) is 24.1 Å². The highest BCUT2D eigenvalue weighted by molar-refractivity contribution is 9.10. The fourth-order valence-corrected chi connectivity index (χ4v) is 2.90. The Morgan fingerprint density at radius 1 is 1.53 bits per heavy atom. The van der Waals surface area contributed by atoms with Crippen LogP contribution in [0.15, 0.2) is 16.6 Å². The molecule has 0 spiro atoms. The number of hydrogen-bond acceptors (Lipinski definition) is 2. The van der Waals surface area contributed by atoms with Crippen molar-refractivity contribution < 1.29 is 0 Å². The molecule has 1 heterocycles. The van der Waals surface area contributed by atoms with Gasteiger partial charge in [-0.15, -0.1) is 0 Å². The zero-order chi connectivity index (χ0) is 12.3. The van der Waals surface area contributed by atoms with Gasteiger partial charge in [0.2, 0.25) is 0 Å². The lowest BCUT2D eigenvalue weighted by atomic mass is 10.00. The first-order valence-electron chi connectivity index (χ1n) is 6.07. The van der Waals surface area contributed by atoms with Gasteiger partial charge in [-0.2, -0.15) is 0 Å². The van der Waals surface area contributed by atoms with Gasteiger partial charge in [0.1, 0.15) is 0 Å². The van der Waals surface area contributed by atoms with Crippen LogP contribution in [0, 0.1) is 12.8 Å². The van der Waals surface area contributed by atoms with Gasteiger partial charge in [-0.25, -0.2) is 0 Å². The van der Waals surface area contributed by atoms with Crippen molar-refractivity contribution in [2.45, 2.75) is 19.8 Å². The van der Waals surface area contributed by atoms with Crippen molar-refractivity contribution in [3.8, 4) is 0 Å². The van der Waals surface area contributed by atoms with Crippen molar-refractivity contribution in [2.24, 2.45) is 5.92 Å². The number of piperidine rings is 1. The summed E-state index contributed by atoms with van der Waals surface area (Å²) < 4.78 is 1.09. The molecule has 1 fully saturated rings. The molecule has 0 radical (unpaired) electrons. The Labute approximate surface area is 116 Å². The Morgan fingerprint density at radius 2 is 2.35 bits per heavy atom. The maximum Gasteiger partial charge on any atom is 0.0499 e. The maximum atomic E-state index is 6.13. The lowest BCUT2D eigenvalue weighted by Crippen LogP contribution is -2.33. The van der Waals surface area contributed by atoms with Crippen molar-refractivity contribution in [3.63, 3.8) is 0 Å². The summed E-state index contributed by atoms with van der Waals surface area (Å²) >= 11 is 9.70. The van der Waals surface area contributed by atoms with Gasteiger partial charge >= 0.3 is 0 Å². The molecule has 1 atom stereocenters. The number of nitrogens with one attached hydrogen (secondary N) is 2. The van der Waals surface area contributed by atoms with E-state index in [9.17, 15) is 0 Å². The SMILES string of the molecule is Cc1cc(Br)c(NCC2CCCNC2)cc1Cl. The zero-order valence-electron chi connectivity index (χ0n) is 10.0. The molecule has 1 aromatic rings. The monoisotopic (exact) mass is 316 g/mol. The van der Waals surface area contributed by atoms with Crippen LogP contribution in [0.25, 0.3) is 0 Å². The quantitative estimate of drug-likeness (QED) is 0.885. The van der Waals surface area contributed by atoms with Gasteiger partial charge in [0.05, 0.1) is 0 Å². The van der Waals surface area contributed by atoms with E-state index in [1.807, 2.05) is 13.0 Å². The summed E-state index contributed by atoms with van der Waals surface area (Å²) in [5.41, 5.74) is 2.19.